The first kappa shape index (κ1) is 12.6. The van der Waals surface area contributed by atoms with Crippen LogP contribution in [0.25, 0.3) is 0 Å². The second-order valence-electron chi connectivity index (χ2n) is 5.22. The zero-order chi connectivity index (χ0) is 12.4. The van der Waals surface area contributed by atoms with Gasteiger partial charge in [-0.3, -0.25) is 4.21 Å². The highest BCUT2D eigenvalue weighted by molar-refractivity contribution is 7.85. The van der Waals surface area contributed by atoms with Gasteiger partial charge in [0, 0.05) is 10.9 Å². The van der Waals surface area contributed by atoms with E-state index in [9.17, 15) is 4.21 Å². The Balaban J connectivity index is 2.14. The predicted molar refractivity (Wildman–Crippen MR) is 73.4 cm³/mol. The van der Waals surface area contributed by atoms with Crippen molar-refractivity contribution in [1.29, 1.82) is 0 Å². The van der Waals surface area contributed by atoms with Crippen molar-refractivity contribution in [2.75, 3.05) is 5.73 Å². The second-order valence-corrected chi connectivity index (χ2v) is 6.92. The molecule has 0 aliphatic heterocycles. The molecular formula is C14H21NOS. The molecule has 2 nitrogen and oxygen atoms in total. The number of benzene rings is 1. The SMILES string of the molecule is Cc1ccc(S(=O)C2CCC(C)CC2)c(N)c1. The fourth-order valence-corrected chi connectivity index (χ4v) is 4.03. The smallest absolute Gasteiger partial charge is 0.0620 e. The van der Waals surface area contributed by atoms with Gasteiger partial charge in [-0.05, 0) is 56.2 Å². The number of nitrogen functional groups attached to an aromatic ring is 1. The summed E-state index contributed by atoms with van der Waals surface area (Å²) in [5.41, 5.74) is 7.77. The third-order valence-electron chi connectivity index (χ3n) is 3.65. The van der Waals surface area contributed by atoms with E-state index in [1.807, 2.05) is 25.1 Å². The summed E-state index contributed by atoms with van der Waals surface area (Å²) in [5, 5.41) is 0.302. The molecule has 0 saturated heterocycles. The molecule has 1 atom stereocenters. The van der Waals surface area contributed by atoms with Gasteiger partial charge in [0.25, 0.3) is 0 Å². The zero-order valence-electron chi connectivity index (χ0n) is 10.6. The highest BCUT2D eigenvalue weighted by atomic mass is 32.2. The van der Waals surface area contributed by atoms with Crippen LogP contribution in [-0.2, 0) is 10.8 Å². The maximum Gasteiger partial charge on any atom is 0.0620 e. The molecule has 0 heterocycles. The number of anilines is 1. The van der Waals surface area contributed by atoms with E-state index in [0.29, 0.717) is 10.9 Å². The molecule has 0 amide bonds. The molecule has 2 N–H and O–H groups in total. The van der Waals surface area contributed by atoms with Crippen LogP contribution >= 0.6 is 0 Å². The highest BCUT2D eigenvalue weighted by Gasteiger charge is 2.25. The minimum absolute atomic E-state index is 0.302. The van der Waals surface area contributed by atoms with Gasteiger partial charge in [0.05, 0.1) is 15.7 Å². The summed E-state index contributed by atoms with van der Waals surface area (Å²) in [7, 11) is -0.930. The van der Waals surface area contributed by atoms with Crippen molar-refractivity contribution in [1.82, 2.24) is 0 Å². The van der Waals surface area contributed by atoms with Crippen molar-refractivity contribution in [3.8, 4) is 0 Å². The van der Waals surface area contributed by atoms with Crippen LogP contribution < -0.4 is 5.73 Å². The molecule has 2 rings (SSSR count). The van der Waals surface area contributed by atoms with Crippen LogP contribution in [0.4, 0.5) is 5.69 Å². The van der Waals surface area contributed by atoms with Gasteiger partial charge in [-0.1, -0.05) is 13.0 Å². The molecule has 1 aromatic rings. The average Bonchev–Trinajstić information content (AvgIpc) is 2.29. The first-order chi connectivity index (χ1) is 8.08. The van der Waals surface area contributed by atoms with E-state index >= 15 is 0 Å². The van der Waals surface area contributed by atoms with Crippen LogP contribution in [0.3, 0.4) is 0 Å². The van der Waals surface area contributed by atoms with E-state index in [-0.39, 0.29) is 0 Å². The molecule has 1 aliphatic carbocycles. The molecule has 1 saturated carbocycles. The van der Waals surface area contributed by atoms with Crippen molar-refractivity contribution < 1.29 is 4.21 Å². The van der Waals surface area contributed by atoms with Gasteiger partial charge in [-0.2, -0.15) is 0 Å². The molecule has 3 heteroatoms. The van der Waals surface area contributed by atoms with Crippen LogP contribution in [-0.4, -0.2) is 9.46 Å². The van der Waals surface area contributed by atoms with Crippen molar-refractivity contribution in [2.24, 2.45) is 5.92 Å². The van der Waals surface area contributed by atoms with E-state index in [1.54, 1.807) is 0 Å². The van der Waals surface area contributed by atoms with Crippen molar-refractivity contribution >= 4 is 16.5 Å². The molecule has 94 valence electrons. The lowest BCUT2D eigenvalue weighted by Gasteiger charge is -2.25. The van der Waals surface area contributed by atoms with Crippen LogP contribution in [0.1, 0.15) is 38.2 Å². The number of rotatable bonds is 2. The molecule has 1 aromatic carbocycles. The van der Waals surface area contributed by atoms with Gasteiger partial charge in [-0.15, -0.1) is 0 Å². The predicted octanol–water partition coefficient (Wildman–Crippen LogP) is 3.26. The molecular weight excluding hydrogens is 230 g/mol. The molecule has 1 aliphatic rings. The van der Waals surface area contributed by atoms with E-state index in [1.165, 1.54) is 12.8 Å². The van der Waals surface area contributed by atoms with Crippen LogP contribution in [0.2, 0.25) is 0 Å². The van der Waals surface area contributed by atoms with Gasteiger partial charge in [0.1, 0.15) is 0 Å². The van der Waals surface area contributed by atoms with Gasteiger partial charge < -0.3 is 5.73 Å². The molecule has 0 aromatic heterocycles. The van der Waals surface area contributed by atoms with Crippen LogP contribution in [0.5, 0.6) is 0 Å². The first-order valence-corrected chi connectivity index (χ1v) is 7.56. The van der Waals surface area contributed by atoms with E-state index < -0.39 is 10.8 Å². The van der Waals surface area contributed by atoms with Gasteiger partial charge in [0.2, 0.25) is 0 Å². The lowest BCUT2D eigenvalue weighted by Crippen LogP contribution is -2.22. The Morgan fingerprint density at radius 3 is 2.47 bits per heavy atom. The fourth-order valence-electron chi connectivity index (χ4n) is 2.47. The maximum absolute atomic E-state index is 12.5. The summed E-state index contributed by atoms with van der Waals surface area (Å²) in [4.78, 5) is 0.829. The topological polar surface area (TPSA) is 43.1 Å². The summed E-state index contributed by atoms with van der Waals surface area (Å²) in [5.74, 6) is 0.790. The third-order valence-corrected chi connectivity index (χ3v) is 5.53. The van der Waals surface area contributed by atoms with E-state index in [0.717, 1.165) is 29.2 Å². The molecule has 1 fully saturated rings. The summed E-state index contributed by atoms with van der Waals surface area (Å²) < 4.78 is 12.5. The average molecular weight is 251 g/mol. The molecule has 0 spiro atoms. The van der Waals surface area contributed by atoms with Crippen LogP contribution in [0.15, 0.2) is 23.1 Å². The Morgan fingerprint density at radius 1 is 1.24 bits per heavy atom. The normalized spacial score (nSPS) is 26.7. The number of aryl methyl sites for hydroxylation is 1. The number of hydrogen-bond donors (Lipinski definition) is 1. The Labute approximate surface area is 106 Å². The minimum Gasteiger partial charge on any atom is -0.398 e. The summed E-state index contributed by atoms with van der Waals surface area (Å²) in [6.07, 6.45) is 4.53. The summed E-state index contributed by atoms with van der Waals surface area (Å²) in [6, 6.07) is 5.84. The zero-order valence-corrected chi connectivity index (χ0v) is 11.4. The van der Waals surface area contributed by atoms with Gasteiger partial charge in [-0.25, -0.2) is 0 Å². The maximum atomic E-state index is 12.5. The van der Waals surface area contributed by atoms with Crippen molar-refractivity contribution in [3.63, 3.8) is 0 Å². The summed E-state index contributed by atoms with van der Waals surface area (Å²) >= 11 is 0. The molecule has 0 radical (unpaired) electrons. The third kappa shape index (κ3) is 2.89. The Hall–Kier alpha value is -0.830. The Kier molecular flexibility index (Phi) is 3.87. The Bertz CT molecular complexity index is 422. The quantitative estimate of drug-likeness (QED) is 0.820. The second kappa shape index (κ2) is 5.21. The van der Waals surface area contributed by atoms with Crippen LogP contribution in [0, 0.1) is 12.8 Å². The minimum atomic E-state index is -0.930. The van der Waals surface area contributed by atoms with Gasteiger partial charge >= 0.3 is 0 Å². The largest absolute Gasteiger partial charge is 0.398 e. The lowest BCUT2D eigenvalue weighted by atomic mass is 9.91. The standard InChI is InChI=1S/C14H21NOS/c1-10-3-6-12(7-4-10)17(16)14-8-5-11(2)9-13(14)15/h5,8-10,12H,3-4,6-7,15H2,1-2H3. The van der Waals surface area contributed by atoms with Gasteiger partial charge in [0.15, 0.2) is 0 Å². The molecule has 17 heavy (non-hydrogen) atoms. The molecule has 1 unspecified atom stereocenters. The number of nitrogens with two attached hydrogens (primary N) is 1. The fraction of sp³-hybridized carbons (Fsp3) is 0.571. The van der Waals surface area contributed by atoms with E-state index in [4.69, 9.17) is 5.73 Å². The van der Waals surface area contributed by atoms with Crippen molar-refractivity contribution in [3.05, 3.63) is 23.8 Å². The monoisotopic (exact) mass is 251 g/mol. The number of hydrogen-bond acceptors (Lipinski definition) is 2. The molecule has 0 bridgehead atoms. The van der Waals surface area contributed by atoms with Crippen molar-refractivity contribution in [2.45, 2.75) is 49.7 Å². The lowest BCUT2D eigenvalue weighted by molar-refractivity contribution is 0.389. The highest BCUT2D eigenvalue weighted by Crippen LogP contribution is 2.31. The van der Waals surface area contributed by atoms with E-state index in [2.05, 4.69) is 6.92 Å². The Morgan fingerprint density at radius 2 is 1.88 bits per heavy atom. The summed E-state index contributed by atoms with van der Waals surface area (Å²) in [6.45, 7) is 4.28. The first-order valence-electron chi connectivity index (χ1n) is 6.34.